The first-order chi connectivity index (χ1) is 10.2. The SMILES string of the molecule is O=Cc1cccc(SCc2ccc3ccc(Cl)cc3n2)c1. The van der Waals surface area contributed by atoms with E-state index in [2.05, 4.69) is 11.1 Å². The van der Waals surface area contributed by atoms with Gasteiger partial charge in [0.25, 0.3) is 0 Å². The highest BCUT2D eigenvalue weighted by atomic mass is 35.5. The predicted octanol–water partition coefficient (Wildman–Crippen LogP) is 4.99. The molecule has 0 spiro atoms. The lowest BCUT2D eigenvalue weighted by atomic mass is 10.2. The Morgan fingerprint density at radius 1 is 1.10 bits per heavy atom. The number of aromatic nitrogens is 1. The molecule has 0 unspecified atom stereocenters. The van der Waals surface area contributed by atoms with E-state index in [9.17, 15) is 4.79 Å². The van der Waals surface area contributed by atoms with Crippen molar-refractivity contribution in [2.45, 2.75) is 10.6 Å². The molecule has 2 nitrogen and oxygen atoms in total. The molecule has 0 bridgehead atoms. The fourth-order valence-electron chi connectivity index (χ4n) is 2.05. The highest BCUT2D eigenvalue weighted by Gasteiger charge is 2.02. The average molecular weight is 314 g/mol. The lowest BCUT2D eigenvalue weighted by Crippen LogP contribution is -1.88. The van der Waals surface area contributed by atoms with E-state index in [-0.39, 0.29) is 0 Å². The van der Waals surface area contributed by atoms with E-state index in [1.165, 1.54) is 0 Å². The van der Waals surface area contributed by atoms with Crippen LogP contribution in [0.3, 0.4) is 0 Å². The van der Waals surface area contributed by atoms with Gasteiger partial charge >= 0.3 is 0 Å². The Balaban J connectivity index is 1.79. The Bertz CT molecular complexity index is 804. The number of rotatable bonds is 4. The van der Waals surface area contributed by atoms with Gasteiger partial charge in [0.15, 0.2) is 0 Å². The first kappa shape index (κ1) is 14.1. The molecule has 104 valence electrons. The molecule has 4 heteroatoms. The maximum atomic E-state index is 10.8. The van der Waals surface area contributed by atoms with Gasteiger partial charge in [-0.2, -0.15) is 0 Å². The number of fused-ring (bicyclic) bond motifs is 1. The van der Waals surface area contributed by atoms with E-state index in [1.807, 2.05) is 42.5 Å². The van der Waals surface area contributed by atoms with Crippen LogP contribution < -0.4 is 0 Å². The molecule has 1 heterocycles. The second-order valence-corrected chi connectivity index (χ2v) is 6.10. The number of aldehydes is 1. The number of nitrogens with zero attached hydrogens (tertiary/aromatic N) is 1. The van der Waals surface area contributed by atoms with E-state index < -0.39 is 0 Å². The number of carbonyl (C=O) groups is 1. The minimum absolute atomic E-state index is 0.693. The molecule has 0 aliphatic rings. The van der Waals surface area contributed by atoms with Crippen LogP contribution in [0.2, 0.25) is 5.02 Å². The Morgan fingerprint density at radius 2 is 1.95 bits per heavy atom. The molecule has 0 fully saturated rings. The molecule has 3 rings (SSSR count). The van der Waals surface area contributed by atoms with Crippen LogP contribution in [0.15, 0.2) is 59.5 Å². The Morgan fingerprint density at radius 3 is 2.81 bits per heavy atom. The summed E-state index contributed by atoms with van der Waals surface area (Å²) in [4.78, 5) is 16.5. The summed E-state index contributed by atoms with van der Waals surface area (Å²) in [6.07, 6.45) is 0.861. The molecule has 21 heavy (non-hydrogen) atoms. The molecular formula is C17H12ClNOS. The van der Waals surface area contributed by atoms with Crippen LogP contribution in [0.5, 0.6) is 0 Å². The molecule has 0 N–H and O–H groups in total. The maximum Gasteiger partial charge on any atom is 0.150 e. The molecule has 0 amide bonds. The lowest BCUT2D eigenvalue weighted by molar-refractivity contribution is 0.112. The van der Waals surface area contributed by atoms with Crippen molar-refractivity contribution in [2.75, 3.05) is 0 Å². The summed E-state index contributed by atoms with van der Waals surface area (Å²) in [7, 11) is 0. The molecule has 3 aromatic rings. The minimum Gasteiger partial charge on any atom is -0.298 e. The number of carbonyl (C=O) groups excluding carboxylic acids is 1. The molecular weight excluding hydrogens is 302 g/mol. The summed E-state index contributed by atoms with van der Waals surface area (Å²) in [5.74, 6) is 0.755. The standard InChI is InChI=1S/C17H12ClNOS/c18-14-6-4-13-5-7-15(19-17(13)9-14)11-21-16-3-1-2-12(8-16)10-20/h1-10H,11H2. The summed E-state index contributed by atoms with van der Waals surface area (Å²) in [5, 5.41) is 1.77. The number of benzene rings is 2. The summed E-state index contributed by atoms with van der Waals surface area (Å²) >= 11 is 7.66. The minimum atomic E-state index is 0.693. The van der Waals surface area contributed by atoms with E-state index in [4.69, 9.17) is 11.6 Å². The number of thioether (sulfide) groups is 1. The zero-order chi connectivity index (χ0) is 14.7. The summed E-state index contributed by atoms with van der Waals surface area (Å²) in [5.41, 5.74) is 2.59. The van der Waals surface area contributed by atoms with Crippen LogP contribution in [0, 0.1) is 0 Å². The van der Waals surface area contributed by atoms with Crippen molar-refractivity contribution in [3.05, 3.63) is 70.9 Å². The Labute approximate surface area is 132 Å². The van der Waals surface area contributed by atoms with Crippen LogP contribution in [0.4, 0.5) is 0 Å². The zero-order valence-corrected chi connectivity index (χ0v) is 12.7. The zero-order valence-electron chi connectivity index (χ0n) is 11.1. The van der Waals surface area contributed by atoms with Gasteiger partial charge in [0.05, 0.1) is 11.2 Å². The fraction of sp³-hybridized carbons (Fsp3) is 0.0588. The molecule has 0 atom stereocenters. The molecule has 0 aliphatic carbocycles. The van der Waals surface area contributed by atoms with Gasteiger partial charge in [-0.25, -0.2) is 0 Å². The van der Waals surface area contributed by atoms with Crippen LogP contribution in [-0.4, -0.2) is 11.3 Å². The Kier molecular flexibility index (Phi) is 4.23. The van der Waals surface area contributed by atoms with Gasteiger partial charge in [-0.05, 0) is 30.3 Å². The van der Waals surface area contributed by atoms with Crippen molar-refractivity contribution in [3.63, 3.8) is 0 Å². The number of hydrogen-bond acceptors (Lipinski definition) is 3. The second-order valence-electron chi connectivity index (χ2n) is 4.62. The van der Waals surface area contributed by atoms with Gasteiger partial charge < -0.3 is 0 Å². The van der Waals surface area contributed by atoms with E-state index in [0.717, 1.165) is 33.5 Å². The summed E-state index contributed by atoms with van der Waals surface area (Å²) < 4.78 is 0. The molecule has 0 saturated heterocycles. The van der Waals surface area contributed by atoms with Crippen molar-refractivity contribution in [3.8, 4) is 0 Å². The quantitative estimate of drug-likeness (QED) is 0.502. The highest BCUT2D eigenvalue weighted by Crippen LogP contribution is 2.24. The summed E-state index contributed by atoms with van der Waals surface area (Å²) in [6.45, 7) is 0. The largest absolute Gasteiger partial charge is 0.298 e. The van der Waals surface area contributed by atoms with Crippen LogP contribution in [0.1, 0.15) is 16.1 Å². The third-order valence-electron chi connectivity index (χ3n) is 3.09. The molecule has 0 aliphatic heterocycles. The van der Waals surface area contributed by atoms with Gasteiger partial charge in [0.1, 0.15) is 6.29 Å². The molecule has 1 aromatic heterocycles. The van der Waals surface area contributed by atoms with Crippen molar-refractivity contribution in [1.82, 2.24) is 4.98 Å². The average Bonchev–Trinajstić information content (AvgIpc) is 2.52. The van der Waals surface area contributed by atoms with Gasteiger partial charge in [0, 0.05) is 26.6 Å². The van der Waals surface area contributed by atoms with E-state index in [0.29, 0.717) is 10.6 Å². The smallest absolute Gasteiger partial charge is 0.150 e. The first-order valence-electron chi connectivity index (χ1n) is 6.48. The van der Waals surface area contributed by atoms with Crippen molar-refractivity contribution < 1.29 is 4.79 Å². The van der Waals surface area contributed by atoms with Crippen LogP contribution >= 0.6 is 23.4 Å². The summed E-state index contributed by atoms with van der Waals surface area (Å²) in [6, 6.07) is 17.3. The van der Waals surface area contributed by atoms with Gasteiger partial charge in [-0.1, -0.05) is 35.9 Å². The van der Waals surface area contributed by atoms with E-state index >= 15 is 0 Å². The number of pyridine rings is 1. The van der Waals surface area contributed by atoms with Crippen molar-refractivity contribution >= 4 is 40.6 Å². The van der Waals surface area contributed by atoms with Crippen LogP contribution in [-0.2, 0) is 5.75 Å². The van der Waals surface area contributed by atoms with Gasteiger partial charge in [-0.3, -0.25) is 9.78 Å². The molecule has 0 saturated carbocycles. The third-order valence-corrected chi connectivity index (χ3v) is 4.36. The second kappa shape index (κ2) is 6.29. The normalized spacial score (nSPS) is 10.7. The van der Waals surface area contributed by atoms with Crippen molar-refractivity contribution in [1.29, 1.82) is 0 Å². The molecule has 2 aromatic carbocycles. The lowest BCUT2D eigenvalue weighted by Gasteiger charge is -2.04. The topological polar surface area (TPSA) is 30.0 Å². The Hall–Kier alpha value is -1.84. The fourth-order valence-corrected chi connectivity index (χ4v) is 3.08. The van der Waals surface area contributed by atoms with Gasteiger partial charge in [0.2, 0.25) is 0 Å². The van der Waals surface area contributed by atoms with Crippen molar-refractivity contribution in [2.24, 2.45) is 0 Å². The predicted molar refractivity (Wildman–Crippen MR) is 88.1 cm³/mol. The highest BCUT2D eigenvalue weighted by molar-refractivity contribution is 7.98. The number of hydrogen-bond donors (Lipinski definition) is 0. The first-order valence-corrected chi connectivity index (χ1v) is 7.84. The van der Waals surface area contributed by atoms with E-state index in [1.54, 1.807) is 17.8 Å². The third kappa shape index (κ3) is 3.43. The maximum absolute atomic E-state index is 10.8. The number of halogens is 1. The molecule has 0 radical (unpaired) electrons. The van der Waals surface area contributed by atoms with Crippen LogP contribution in [0.25, 0.3) is 10.9 Å². The van der Waals surface area contributed by atoms with Gasteiger partial charge in [-0.15, -0.1) is 11.8 Å². The monoisotopic (exact) mass is 313 g/mol.